The minimum atomic E-state index is -0.776. The molecule has 7 nitrogen and oxygen atoms in total. The molecule has 0 spiro atoms. The van der Waals surface area contributed by atoms with Gasteiger partial charge in [0.25, 0.3) is 11.8 Å². The predicted octanol–water partition coefficient (Wildman–Crippen LogP) is 4.27. The number of Topliss-reactive ketones (excluding diaryl/α,β-unsaturated/α-hetero) is 1. The molecule has 0 aliphatic carbocycles. The minimum Gasteiger partial charge on any atom is -0.318 e. The maximum atomic E-state index is 13.1. The number of hydrogen-bond donors (Lipinski definition) is 1. The van der Waals surface area contributed by atoms with Gasteiger partial charge in [-0.2, -0.15) is 0 Å². The first-order valence-corrected chi connectivity index (χ1v) is 10.5. The Hall–Kier alpha value is -4.26. The number of rotatable bonds is 4. The highest BCUT2D eigenvalue weighted by atomic mass is 16.2. The van der Waals surface area contributed by atoms with Gasteiger partial charge in [0, 0.05) is 22.6 Å². The van der Waals surface area contributed by atoms with Gasteiger partial charge in [0.15, 0.2) is 5.78 Å². The van der Waals surface area contributed by atoms with E-state index in [4.69, 9.17) is 0 Å². The van der Waals surface area contributed by atoms with E-state index in [-0.39, 0.29) is 11.4 Å². The number of barbiturate groups is 1. The van der Waals surface area contributed by atoms with Gasteiger partial charge in [-0.15, -0.1) is 0 Å². The van der Waals surface area contributed by atoms with Crippen LogP contribution in [0.25, 0.3) is 11.8 Å². The van der Waals surface area contributed by atoms with E-state index in [1.54, 1.807) is 36.4 Å². The van der Waals surface area contributed by atoms with Crippen molar-refractivity contribution in [2.24, 2.45) is 0 Å². The number of carbonyl (C=O) groups excluding carboxylic acids is 4. The molecular formula is C26H23N3O4. The number of carbonyl (C=O) groups is 4. The molecule has 1 aliphatic rings. The number of nitrogens with one attached hydrogen (secondary N) is 1. The fourth-order valence-electron chi connectivity index (χ4n) is 3.92. The highest BCUT2D eigenvalue weighted by molar-refractivity contribution is 6.39. The number of anilines is 1. The second-order valence-corrected chi connectivity index (χ2v) is 8.06. The fraction of sp³-hybridized carbons (Fsp3) is 0.154. The van der Waals surface area contributed by atoms with Crippen molar-refractivity contribution in [2.75, 3.05) is 4.90 Å². The van der Waals surface area contributed by atoms with E-state index >= 15 is 0 Å². The zero-order valence-electron chi connectivity index (χ0n) is 18.8. The number of benzene rings is 2. The second-order valence-electron chi connectivity index (χ2n) is 8.06. The highest BCUT2D eigenvalue weighted by Gasteiger charge is 2.37. The van der Waals surface area contributed by atoms with Crippen molar-refractivity contribution in [3.63, 3.8) is 0 Å². The van der Waals surface area contributed by atoms with Gasteiger partial charge in [-0.05, 0) is 81.8 Å². The van der Waals surface area contributed by atoms with Crippen LogP contribution in [0.3, 0.4) is 0 Å². The van der Waals surface area contributed by atoms with Crippen LogP contribution < -0.4 is 10.2 Å². The lowest BCUT2D eigenvalue weighted by Crippen LogP contribution is -2.54. The first-order valence-electron chi connectivity index (χ1n) is 10.5. The summed E-state index contributed by atoms with van der Waals surface area (Å²) >= 11 is 0. The smallest absolute Gasteiger partial charge is 0.318 e. The van der Waals surface area contributed by atoms with Gasteiger partial charge >= 0.3 is 6.03 Å². The van der Waals surface area contributed by atoms with Gasteiger partial charge < -0.3 is 4.57 Å². The Morgan fingerprint density at radius 1 is 0.879 bits per heavy atom. The van der Waals surface area contributed by atoms with Crippen LogP contribution in [0.5, 0.6) is 0 Å². The summed E-state index contributed by atoms with van der Waals surface area (Å²) in [5.74, 6) is -1.42. The van der Waals surface area contributed by atoms with Crippen molar-refractivity contribution in [3.05, 3.63) is 88.2 Å². The third-order valence-electron chi connectivity index (χ3n) is 5.70. The zero-order valence-corrected chi connectivity index (χ0v) is 18.8. The first-order chi connectivity index (χ1) is 15.7. The molecule has 0 unspecified atom stereocenters. The number of amides is 4. The highest BCUT2D eigenvalue weighted by Crippen LogP contribution is 2.26. The Labute approximate surface area is 191 Å². The topological polar surface area (TPSA) is 88.5 Å². The van der Waals surface area contributed by atoms with E-state index in [9.17, 15) is 19.2 Å². The van der Waals surface area contributed by atoms with Crippen LogP contribution >= 0.6 is 0 Å². The Bertz CT molecular complexity index is 1330. The van der Waals surface area contributed by atoms with Crippen molar-refractivity contribution in [3.8, 4) is 5.69 Å². The van der Waals surface area contributed by atoms with Crippen LogP contribution in [0.15, 0.2) is 60.2 Å². The summed E-state index contributed by atoms with van der Waals surface area (Å²) in [6.07, 6.45) is 1.51. The molecule has 3 aromatic rings. The van der Waals surface area contributed by atoms with Gasteiger partial charge in [-0.3, -0.25) is 19.7 Å². The van der Waals surface area contributed by atoms with E-state index in [0.717, 1.165) is 27.5 Å². The van der Waals surface area contributed by atoms with E-state index < -0.39 is 17.8 Å². The molecule has 0 atom stereocenters. The molecule has 1 N–H and O–H groups in total. The van der Waals surface area contributed by atoms with E-state index in [0.29, 0.717) is 16.8 Å². The summed E-state index contributed by atoms with van der Waals surface area (Å²) in [4.78, 5) is 50.6. The lowest BCUT2D eigenvalue weighted by Gasteiger charge is -2.26. The summed E-state index contributed by atoms with van der Waals surface area (Å²) < 4.78 is 1.98. The van der Waals surface area contributed by atoms with Crippen LogP contribution in [0.2, 0.25) is 0 Å². The average Bonchev–Trinajstić information content (AvgIpc) is 3.05. The number of ketones is 1. The lowest BCUT2D eigenvalue weighted by molar-refractivity contribution is -0.122. The van der Waals surface area contributed by atoms with Gasteiger partial charge in [0.2, 0.25) is 0 Å². The maximum absolute atomic E-state index is 13.1. The molecular weight excluding hydrogens is 418 g/mol. The average molecular weight is 441 g/mol. The third-order valence-corrected chi connectivity index (χ3v) is 5.70. The van der Waals surface area contributed by atoms with Crippen LogP contribution in [-0.4, -0.2) is 28.2 Å². The normalized spacial score (nSPS) is 15.2. The van der Waals surface area contributed by atoms with Crippen molar-refractivity contribution >= 4 is 35.4 Å². The van der Waals surface area contributed by atoms with Gasteiger partial charge in [0.05, 0.1) is 5.69 Å². The molecule has 2 heterocycles. The van der Waals surface area contributed by atoms with Crippen LogP contribution in [0.1, 0.15) is 39.8 Å². The molecule has 7 heteroatoms. The lowest BCUT2D eigenvalue weighted by atomic mass is 10.1. The van der Waals surface area contributed by atoms with Crippen LogP contribution in [-0.2, 0) is 9.59 Å². The molecule has 1 aromatic heterocycles. The van der Waals surface area contributed by atoms with Crippen molar-refractivity contribution in [2.45, 2.75) is 27.7 Å². The summed E-state index contributed by atoms with van der Waals surface area (Å²) in [7, 11) is 0. The largest absolute Gasteiger partial charge is 0.335 e. The molecule has 4 amide bonds. The number of nitrogens with zero attached hydrogens (tertiary/aromatic N) is 2. The predicted molar refractivity (Wildman–Crippen MR) is 125 cm³/mol. The standard InChI is InChI=1S/C26H23N3O4/c1-15-5-9-22(10-6-15)29-25(32)23(24(31)27-26(29)33)14-20-13-16(2)28(17(20)3)21-11-7-19(8-12-21)18(4)30/h5-14H,1-4H3,(H,27,31,33)/b23-14-. The molecule has 4 rings (SSSR count). The molecule has 1 fully saturated rings. The van der Waals surface area contributed by atoms with E-state index in [2.05, 4.69) is 5.32 Å². The fourth-order valence-corrected chi connectivity index (χ4v) is 3.92. The zero-order chi connectivity index (χ0) is 23.9. The number of imide groups is 2. The second kappa shape index (κ2) is 8.35. The van der Waals surface area contributed by atoms with Gasteiger partial charge in [-0.1, -0.05) is 17.7 Å². The number of urea groups is 1. The van der Waals surface area contributed by atoms with Gasteiger partial charge in [-0.25, -0.2) is 9.69 Å². The summed E-state index contributed by atoms with van der Waals surface area (Å²) in [5, 5.41) is 2.25. The Kier molecular flexibility index (Phi) is 5.55. The third kappa shape index (κ3) is 4.01. The molecule has 1 saturated heterocycles. The molecule has 1 aliphatic heterocycles. The van der Waals surface area contributed by atoms with Crippen LogP contribution in [0.4, 0.5) is 10.5 Å². The van der Waals surface area contributed by atoms with Crippen molar-refractivity contribution in [1.29, 1.82) is 0 Å². The van der Waals surface area contributed by atoms with E-state index in [1.807, 2.05) is 43.5 Å². The van der Waals surface area contributed by atoms with Crippen LogP contribution in [0, 0.1) is 20.8 Å². The molecule has 0 saturated carbocycles. The monoisotopic (exact) mass is 441 g/mol. The van der Waals surface area contributed by atoms with E-state index in [1.165, 1.54) is 13.0 Å². The van der Waals surface area contributed by atoms with Crippen molar-refractivity contribution < 1.29 is 19.2 Å². The molecule has 33 heavy (non-hydrogen) atoms. The maximum Gasteiger partial charge on any atom is 0.335 e. The molecule has 166 valence electrons. The van der Waals surface area contributed by atoms with Gasteiger partial charge in [0.1, 0.15) is 5.57 Å². The summed E-state index contributed by atoms with van der Waals surface area (Å²) in [6, 6.07) is 15.2. The molecule has 0 radical (unpaired) electrons. The number of aryl methyl sites for hydroxylation is 2. The molecule has 0 bridgehead atoms. The van der Waals surface area contributed by atoms with Crippen molar-refractivity contribution in [1.82, 2.24) is 9.88 Å². The number of aromatic nitrogens is 1. The minimum absolute atomic E-state index is 0.0116. The Morgan fingerprint density at radius 3 is 2.09 bits per heavy atom. The summed E-state index contributed by atoms with van der Waals surface area (Å²) in [5.41, 5.74) is 5.11. The summed E-state index contributed by atoms with van der Waals surface area (Å²) in [6.45, 7) is 7.22. The Morgan fingerprint density at radius 2 is 1.48 bits per heavy atom. The molecule has 2 aromatic carbocycles. The SMILES string of the molecule is CC(=O)c1ccc(-n2c(C)cc(/C=C3/C(=O)NC(=O)N(c4ccc(C)cc4)C3=O)c2C)cc1. The number of hydrogen-bond acceptors (Lipinski definition) is 4. The first kappa shape index (κ1) is 22.0. The quantitative estimate of drug-likeness (QED) is 0.372. The Balaban J connectivity index is 1.73.